The van der Waals surface area contributed by atoms with Crippen LogP contribution < -0.4 is 5.32 Å². The van der Waals surface area contributed by atoms with Gasteiger partial charge in [-0.1, -0.05) is 20.3 Å². The molecule has 0 amide bonds. The molecule has 0 aliphatic heterocycles. The van der Waals surface area contributed by atoms with Crippen molar-refractivity contribution in [1.29, 1.82) is 0 Å². The zero-order valence-corrected chi connectivity index (χ0v) is 12.8. The van der Waals surface area contributed by atoms with Crippen LogP contribution in [0.1, 0.15) is 38.0 Å². The highest BCUT2D eigenvalue weighted by Crippen LogP contribution is 2.39. The molecule has 5 heteroatoms. The maximum atomic E-state index is 6.02. The molecular formula is C14H18ClN3S. The molecule has 3 rings (SSSR count). The largest absolute Gasteiger partial charge is 0.366 e. The number of nitrogens with one attached hydrogen (secondary N) is 1. The Kier molecular flexibility index (Phi) is 3.63. The summed E-state index contributed by atoms with van der Waals surface area (Å²) in [5.74, 6) is 1.72. The summed E-state index contributed by atoms with van der Waals surface area (Å²) < 4.78 is 0. The fraction of sp³-hybridized carbons (Fsp3) is 0.571. The molecular weight excluding hydrogens is 278 g/mol. The molecule has 3 nitrogen and oxygen atoms in total. The summed E-state index contributed by atoms with van der Waals surface area (Å²) >= 11 is 7.73. The van der Waals surface area contributed by atoms with Crippen molar-refractivity contribution in [2.75, 3.05) is 5.32 Å². The second kappa shape index (κ2) is 5.25. The third-order valence-corrected chi connectivity index (χ3v) is 5.01. The number of halogens is 1. The zero-order chi connectivity index (χ0) is 13.4. The van der Waals surface area contributed by atoms with E-state index in [2.05, 4.69) is 35.2 Å². The lowest BCUT2D eigenvalue weighted by atomic mass is 10.2. The van der Waals surface area contributed by atoms with Crippen molar-refractivity contribution in [2.24, 2.45) is 5.92 Å². The molecule has 0 saturated heterocycles. The Balaban J connectivity index is 1.87. The molecule has 1 aliphatic carbocycles. The fourth-order valence-corrected chi connectivity index (χ4v) is 3.71. The van der Waals surface area contributed by atoms with Crippen LogP contribution in [0.3, 0.4) is 0 Å². The molecule has 0 radical (unpaired) electrons. The van der Waals surface area contributed by atoms with Gasteiger partial charge in [-0.25, -0.2) is 9.97 Å². The summed E-state index contributed by atoms with van der Waals surface area (Å²) in [7, 11) is 0. The average molecular weight is 296 g/mol. The number of thiophene rings is 1. The zero-order valence-electron chi connectivity index (χ0n) is 11.2. The fourth-order valence-electron chi connectivity index (χ4n) is 2.52. The lowest BCUT2D eigenvalue weighted by molar-refractivity contribution is 0.692. The molecule has 1 N–H and O–H groups in total. The second-order valence-electron chi connectivity index (χ2n) is 5.16. The topological polar surface area (TPSA) is 37.8 Å². The van der Waals surface area contributed by atoms with Crippen LogP contribution in [0.5, 0.6) is 0 Å². The number of fused-ring (bicyclic) bond motifs is 1. The van der Waals surface area contributed by atoms with Gasteiger partial charge >= 0.3 is 0 Å². The third kappa shape index (κ3) is 2.70. The lowest BCUT2D eigenvalue weighted by Crippen LogP contribution is -2.07. The molecule has 2 heterocycles. The quantitative estimate of drug-likeness (QED) is 0.825. The van der Waals surface area contributed by atoms with Crippen LogP contribution in [-0.4, -0.2) is 16.0 Å². The molecule has 19 heavy (non-hydrogen) atoms. The first kappa shape index (κ1) is 13.1. The van der Waals surface area contributed by atoms with Crippen molar-refractivity contribution >= 4 is 39.0 Å². The monoisotopic (exact) mass is 295 g/mol. The van der Waals surface area contributed by atoms with E-state index in [0.717, 1.165) is 28.4 Å². The Morgan fingerprint density at radius 1 is 1.42 bits per heavy atom. The van der Waals surface area contributed by atoms with Gasteiger partial charge in [-0.3, -0.25) is 0 Å². The highest BCUT2D eigenvalue weighted by molar-refractivity contribution is 7.18. The van der Waals surface area contributed by atoms with Gasteiger partial charge in [0, 0.05) is 10.9 Å². The molecule has 2 unspecified atom stereocenters. The van der Waals surface area contributed by atoms with E-state index in [1.807, 2.05) is 0 Å². The van der Waals surface area contributed by atoms with Gasteiger partial charge in [-0.2, -0.15) is 0 Å². The molecule has 0 bridgehead atoms. The molecule has 102 valence electrons. The maximum Gasteiger partial charge on any atom is 0.225 e. The first-order chi connectivity index (χ1) is 9.21. The van der Waals surface area contributed by atoms with E-state index in [-0.39, 0.29) is 0 Å². The van der Waals surface area contributed by atoms with Crippen molar-refractivity contribution in [1.82, 2.24) is 9.97 Å². The molecule has 0 spiro atoms. The van der Waals surface area contributed by atoms with Crippen LogP contribution in [0.25, 0.3) is 10.2 Å². The Hall–Kier alpha value is -0.870. The van der Waals surface area contributed by atoms with Crippen molar-refractivity contribution in [2.45, 2.75) is 45.6 Å². The van der Waals surface area contributed by atoms with E-state index < -0.39 is 0 Å². The Morgan fingerprint density at radius 2 is 2.26 bits per heavy atom. The van der Waals surface area contributed by atoms with Gasteiger partial charge in [0.1, 0.15) is 10.6 Å². The molecule has 2 aromatic heterocycles. The molecule has 2 aromatic rings. The number of hydrogen-bond acceptors (Lipinski definition) is 4. The van der Waals surface area contributed by atoms with E-state index in [0.29, 0.717) is 11.3 Å². The van der Waals surface area contributed by atoms with Gasteiger partial charge in [-0.05, 0) is 42.8 Å². The average Bonchev–Trinajstić information content (AvgIpc) is 2.96. The summed E-state index contributed by atoms with van der Waals surface area (Å²) in [6, 6.07) is 2.76. The minimum absolute atomic E-state index is 0.340. The molecule has 2 atom stereocenters. The smallest absolute Gasteiger partial charge is 0.225 e. The summed E-state index contributed by atoms with van der Waals surface area (Å²) in [5.41, 5.74) is 0. The maximum absolute atomic E-state index is 6.02. The predicted molar refractivity (Wildman–Crippen MR) is 82.2 cm³/mol. The van der Waals surface area contributed by atoms with E-state index in [1.54, 1.807) is 11.3 Å². The number of hydrogen-bond donors (Lipinski definition) is 1. The Morgan fingerprint density at radius 3 is 3.00 bits per heavy atom. The van der Waals surface area contributed by atoms with Gasteiger partial charge in [0.25, 0.3) is 0 Å². The van der Waals surface area contributed by atoms with Gasteiger partial charge < -0.3 is 5.32 Å². The number of rotatable bonds is 5. The third-order valence-electron chi connectivity index (χ3n) is 3.67. The predicted octanol–water partition coefficient (Wildman–Crippen LogP) is 4.51. The van der Waals surface area contributed by atoms with Gasteiger partial charge in [-0.15, -0.1) is 11.3 Å². The number of aryl methyl sites for hydroxylation is 1. The lowest BCUT2D eigenvalue weighted by Gasteiger charge is -2.06. The Bertz CT molecular complexity index is 596. The molecule has 1 aliphatic rings. The first-order valence-electron chi connectivity index (χ1n) is 6.93. The van der Waals surface area contributed by atoms with Crippen LogP contribution >= 0.6 is 22.9 Å². The molecule has 1 fully saturated rings. The highest BCUT2D eigenvalue weighted by Gasteiger charge is 2.36. The van der Waals surface area contributed by atoms with Crippen LogP contribution in [0.2, 0.25) is 5.28 Å². The first-order valence-corrected chi connectivity index (χ1v) is 8.13. The van der Waals surface area contributed by atoms with Crippen molar-refractivity contribution in [3.05, 3.63) is 16.2 Å². The van der Waals surface area contributed by atoms with Crippen molar-refractivity contribution in [3.8, 4) is 0 Å². The van der Waals surface area contributed by atoms with E-state index in [9.17, 15) is 0 Å². The van der Waals surface area contributed by atoms with Gasteiger partial charge in [0.15, 0.2) is 0 Å². The van der Waals surface area contributed by atoms with Crippen LogP contribution in [-0.2, 0) is 6.42 Å². The molecule has 1 saturated carbocycles. The van der Waals surface area contributed by atoms with Crippen LogP contribution in [0.4, 0.5) is 5.82 Å². The highest BCUT2D eigenvalue weighted by atomic mass is 35.5. The number of anilines is 1. The van der Waals surface area contributed by atoms with E-state index in [1.165, 1.54) is 24.1 Å². The molecule has 0 aromatic carbocycles. The normalized spacial score (nSPS) is 21.8. The summed E-state index contributed by atoms with van der Waals surface area (Å²) in [6.07, 6.45) is 4.83. The minimum atomic E-state index is 0.340. The van der Waals surface area contributed by atoms with E-state index in [4.69, 9.17) is 11.6 Å². The minimum Gasteiger partial charge on any atom is -0.366 e. The number of aromatic nitrogens is 2. The van der Waals surface area contributed by atoms with Crippen molar-refractivity contribution in [3.63, 3.8) is 0 Å². The van der Waals surface area contributed by atoms with Gasteiger partial charge in [0.05, 0.1) is 5.39 Å². The Labute approximate surface area is 122 Å². The summed E-state index contributed by atoms with van der Waals surface area (Å²) in [6.45, 7) is 4.40. The van der Waals surface area contributed by atoms with Crippen molar-refractivity contribution < 1.29 is 0 Å². The van der Waals surface area contributed by atoms with Crippen LogP contribution in [0.15, 0.2) is 6.07 Å². The van der Waals surface area contributed by atoms with Crippen LogP contribution in [0, 0.1) is 5.92 Å². The van der Waals surface area contributed by atoms with Gasteiger partial charge in [0.2, 0.25) is 5.28 Å². The standard InChI is InChI=1S/C14H18ClN3S/c1-3-5-8-6-11(8)16-12-10-7-9(4-2)19-13(10)18-14(15)17-12/h7-8,11H,3-6H2,1-2H3,(H,16,17,18). The summed E-state index contributed by atoms with van der Waals surface area (Å²) in [5, 5.41) is 5.00. The SMILES string of the molecule is CCCC1CC1Nc1nc(Cl)nc2sc(CC)cc12. The number of nitrogens with zero attached hydrogens (tertiary/aromatic N) is 2. The van der Waals surface area contributed by atoms with E-state index >= 15 is 0 Å². The second-order valence-corrected chi connectivity index (χ2v) is 6.61. The summed E-state index contributed by atoms with van der Waals surface area (Å²) in [4.78, 5) is 11.0.